The molecule has 0 unspecified atom stereocenters. The highest BCUT2D eigenvalue weighted by Crippen LogP contribution is 2.29. The van der Waals surface area contributed by atoms with Gasteiger partial charge >= 0.3 is 0 Å². The molecule has 134 valence electrons. The summed E-state index contributed by atoms with van der Waals surface area (Å²) in [5.41, 5.74) is 6.50. The zero-order valence-electron chi connectivity index (χ0n) is 14.7. The van der Waals surface area contributed by atoms with Crippen LogP contribution in [0.25, 0.3) is 22.1 Å². The van der Waals surface area contributed by atoms with E-state index < -0.39 is 10.4 Å². The second kappa shape index (κ2) is 7.30. The lowest BCUT2D eigenvalue weighted by molar-refractivity contribution is -0.618. The number of nitrogens with zero attached hydrogens (tertiary/aromatic N) is 2. The average Bonchev–Trinajstić information content (AvgIpc) is 2.57. The Morgan fingerprint density at radius 3 is 2.28 bits per heavy atom. The van der Waals surface area contributed by atoms with Crippen LogP contribution in [0.2, 0.25) is 0 Å². The van der Waals surface area contributed by atoms with E-state index >= 15 is 0 Å². The maximum Gasteiger partial charge on any atom is 0.235 e. The SMILES string of the molecule is COS(=O)(=O)[O-].COc1c(C)c(C)cc2c1nc1ccccc1[n+]2C. The Balaban J connectivity index is 0.000000326. The molecule has 0 N–H and O–H groups in total. The van der Waals surface area contributed by atoms with Gasteiger partial charge in [-0.1, -0.05) is 12.1 Å². The Morgan fingerprint density at radius 1 is 1.12 bits per heavy atom. The fourth-order valence-corrected chi connectivity index (χ4v) is 2.56. The lowest BCUT2D eigenvalue weighted by atomic mass is 10.1. The summed E-state index contributed by atoms with van der Waals surface area (Å²) in [4.78, 5) is 4.77. The Bertz CT molecular complexity index is 1030. The van der Waals surface area contributed by atoms with Gasteiger partial charge in [-0.15, -0.1) is 0 Å². The summed E-state index contributed by atoms with van der Waals surface area (Å²) in [6.45, 7) is 4.18. The summed E-state index contributed by atoms with van der Waals surface area (Å²) < 4.78 is 38.8. The maximum atomic E-state index is 9.22. The molecule has 0 saturated heterocycles. The molecule has 1 heterocycles. The number of hydrogen-bond donors (Lipinski definition) is 0. The third-order valence-corrected chi connectivity index (χ3v) is 4.40. The molecule has 7 nitrogen and oxygen atoms in total. The van der Waals surface area contributed by atoms with Gasteiger partial charge < -0.3 is 9.29 Å². The number of rotatable bonds is 2. The van der Waals surface area contributed by atoms with Crippen LogP contribution in [0.4, 0.5) is 0 Å². The number of ether oxygens (including phenoxy) is 1. The van der Waals surface area contributed by atoms with E-state index in [2.05, 4.69) is 41.8 Å². The second-order valence-electron chi connectivity index (χ2n) is 5.45. The molecule has 0 spiro atoms. The van der Waals surface area contributed by atoms with Gasteiger partial charge in [-0.3, -0.25) is 4.18 Å². The first-order valence-corrected chi connectivity index (χ1v) is 8.77. The second-order valence-corrected chi connectivity index (χ2v) is 6.60. The Hall–Kier alpha value is -2.29. The zero-order chi connectivity index (χ0) is 18.8. The van der Waals surface area contributed by atoms with Crippen LogP contribution < -0.4 is 9.30 Å². The highest BCUT2D eigenvalue weighted by molar-refractivity contribution is 7.80. The van der Waals surface area contributed by atoms with Gasteiger partial charge in [0.25, 0.3) is 0 Å². The van der Waals surface area contributed by atoms with Gasteiger partial charge in [0.1, 0.15) is 12.6 Å². The van der Waals surface area contributed by atoms with Crippen LogP contribution in [0.5, 0.6) is 5.75 Å². The summed E-state index contributed by atoms with van der Waals surface area (Å²) in [5.74, 6) is 0.872. The largest absolute Gasteiger partial charge is 0.726 e. The van der Waals surface area contributed by atoms with Crippen molar-refractivity contribution in [1.29, 1.82) is 0 Å². The smallest absolute Gasteiger partial charge is 0.235 e. The van der Waals surface area contributed by atoms with E-state index in [4.69, 9.17) is 9.72 Å². The van der Waals surface area contributed by atoms with Crippen molar-refractivity contribution in [3.05, 3.63) is 41.5 Å². The standard InChI is InChI=1S/C16H17N2O.CH4O4S/c1-10-9-14-15(16(19-4)11(10)2)17-12-7-5-6-8-13(12)18(14)3;1-5-6(2,3)4/h5-9H,1-4H3;1H3,(H,2,3,4)/q+1;/p-1. The number of aromatic nitrogens is 2. The van der Waals surface area contributed by atoms with Crippen molar-refractivity contribution in [3.63, 3.8) is 0 Å². The molecule has 0 saturated carbocycles. The quantitative estimate of drug-likeness (QED) is 0.299. The van der Waals surface area contributed by atoms with Crippen LogP contribution in [-0.2, 0) is 21.6 Å². The normalized spacial score (nSPS) is 11.3. The molecule has 0 amide bonds. The lowest BCUT2D eigenvalue weighted by Crippen LogP contribution is -2.31. The fourth-order valence-electron chi connectivity index (χ4n) is 2.56. The number of methoxy groups -OCH3 is 1. The molecule has 3 rings (SSSR count). The minimum atomic E-state index is -4.41. The molecule has 25 heavy (non-hydrogen) atoms. The van der Waals surface area contributed by atoms with E-state index in [9.17, 15) is 13.0 Å². The van der Waals surface area contributed by atoms with Gasteiger partial charge in [0.05, 0.1) is 14.2 Å². The van der Waals surface area contributed by atoms with Crippen LogP contribution in [0.1, 0.15) is 11.1 Å². The van der Waals surface area contributed by atoms with Gasteiger partial charge in [0.15, 0.2) is 11.3 Å². The van der Waals surface area contributed by atoms with Crippen LogP contribution in [0.15, 0.2) is 30.3 Å². The Morgan fingerprint density at radius 2 is 1.72 bits per heavy atom. The first-order chi connectivity index (χ1) is 11.7. The number of aryl methyl sites for hydroxylation is 2. The Kier molecular flexibility index (Phi) is 5.56. The molecule has 0 radical (unpaired) electrons. The predicted molar refractivity (Wildman–Crippen MR) is 93.2 cm³/mol. The summed E-state index contributed by atoms with van der Waals surface area (Å²) in [6.07, 6.45) is 0. The van der Waals surface area contributed by atoms with Crippen LogP contribution in [-0.4, -0.2) is 32.2 Å². The number of fused-ring (bicyclic) bond motifs is 2. The monoisotopic (exact) mass is 364 g/mol. The van der Waals surface area contributed by atoms with Gasteiger partial charge in [0.2, 0.25) is 21.4 Å². The van der Waals surface area contributed by atoms with E-state index in [0.29, 0.717) is 0 Å². The van der Waals surface area contributed by atoms with Crippen molar-refractivity contribution < 1.29 is 26.5 Å². The van der Waals surface area contributed by atoms with Crippen LogP contribution in [0.3, 0.4) is 0 Å². The van der Waals surface area contributed by atoms with E-state index in [-0.39, 0.29) is 0 Å². The third-order valence-electron chi connectivity index (χ3n) is 3.99. The highest BCUT2D eigenvalue weighted by atomic mass is 32.3. The van der Waals surface area contributed by atoms with Crippen molar-refractivity contribution in [3.8, 4) is 5.75 Å². The summed E-state index contributed by atoms with van der Waals surface area (Å²) in [5, 5.41) is 0. The molecule has 0 atom stereocenters. The highest BCUT2D eigenvalue weighted by Gasteiger charge is 2.19. The molecule has 0 aliphatic rings. The Labute approximate surface area is 146 Å². The summed E-state index contributed by atoms with van der Waals surface area (Å²) in [6, 6.07) is 10.3. The molecular weight excluding hydrogens is 344 g/mol. The molecule has 2 aromatic carbocycles. The predicted octanol–water partition coefficient (Wildman–Crippen LogP) is 1.93. The first-order valence-electron chi connectivity index (χ1n) is 7.43. The van der Waals surface area contributed by atoms with Gasteiger partial charge in [-0.2, -0.15) is 4.57 Å². The maximum absolute atomic E-state index is 9.22. The molecule has 0 aliphatic carbocycles. The third kappa shape index (κ3) is 4.04. The van der Waals surface area contributed by atoms with Crippen molar-refractivity contribution in [2.24, 2.45) is 7.05 Å². The van der Waals surface area contributed by atoms with Crippen LogP contribution >= 0.6 is 0 Å². The van der Waals surface area contributed by atoms with Crippen molar-refractivity contribution in [1.82, 2.24) is 4.98 Å². The van der Waals surface area contributed by atoms with Crippen molar-refractivity contribution >= 4 is 32.5 Å². The van der Waals surface area contributed by atoms with Gasteiger partial charge in [-0.25, -0.2) is 13.4 Å². The summed E-state index contributed by atoms with van der Waals surface area (Å²) >= 11 is 0. The molecule has 0 bridgehead atoms. The minimum Gasteiger partial charge on any atom is -0.726 e. The molecule has 3 aromatic rings. The summed E-state index contributed by atoms with van der Waals surface area (Å²) in [7, 11) is 0.172. The van der Waals surface area contributed by atoms with E-state index in [1.807, 2.05) is 18.2 Å². The molecule has 0 aliphatic heterocycles. The van der Waals surface area contributed by atoms with E-state index in [0.717, 1.165) is 40.5 Å². The van der Waals surface area contributed by atoms with Crippen molar-refractivity contribution in [2.45, 2.75) is 13.8 Å². The molecule has 0 fully saturated rings. The van der Waals surface area contributed by atoms with Crippen molar-refractivity contribution in [2.75, 3.05) is 14.2 Å². The lowest BCUT2D eigenvalue weighted by Gasteiger charge is -2.10. The average molecular weight is 364 g/mol. The number of hydrogen-bond acceptors (Lipinski definition) is 6. The molecular formula is C17H20N2O5S. The van der Waals surface area contributed by atoms with Gasteiger partial charge in [0, 0.05) is 12.1 Å². The minimum absolute atomic E-state index is 0.808. The topological polar surface area (TPSA) is 92.4 Å². The number of benzene rings is 2. The fraction of sp³-hybridized carbons (Fsp3) is 0.294. The van der Waals surface area contributed by atoms with Crippen LogP contribution in [0, 0.1) is 13.8 Å². The molecule has 8 heteroatoms. The first kappa shape index (κ1) is 19.0. The molecule has 1 aromatic heterocycles. The van der Waals surface area contributed by atoms with E-state index in [1.54, 1.807) is 7.11 Å². The zero-order valence-corrected chi connectivity index (χ0v) is 15.5. The number of para-hydroxylation sites is 2. The van der Waals surface area contributed by atoms with E-state index in [1.165, 1.54) is 5.56 Å². The van der Waals surface area contributed by atoms with Gasteiger partial charge in [-0.05, 0) is 31.0 Å².